The average Bonchev–Trinajstić information content (AvgIpc) is 2.54. The summed E-state index contributed by atoms with van der Waals surface area (Å²) in [6.45, 7) is 4.15. The van der Waals surface area contributed by atoms with E-state index in [1.54, 1.807) is 6.20 Å². The third-order valence-electron chi connectivity index (χ3n) is 4.58. The maximum absolute atomic E-state index is 12.5. The van der Waals surface area contributed by atoms with Crippen LogP contribution in [0.5, 0.6) is 0 Å². The summed E-state index contributed by atoms with van der Waals surface area (Å²) in [5.41, 5.74) is 3.85. The number of hydrogen-bond donors (Lipinski definition) is 0. The van der Waals surface area contributed by atoms with Gasteiger partial charge in [-0.2, -0.15) is 0 Å². The smallest absolute Gasteiger partial charge is 0.336 e. The molecule has 22 heavy (non-hydrogen) atoms. The number of fused-ring (bicyclic) bond motifs is 1. The zero-order valence-electron chi connectivity index (χ0n) is 13.2. The van der Waals surface area contributed by atoms with Gasteiger partial charge in [0, 0.05) is 35.6 Å². The fraction of sp³-hybridized carbons (Fsp3) is 0.500. The first-order valence-electron chi connectivity index (χ1n) is 8.07. The van der Waals surface area contributed by atoms with Gasteiger partial charge in [0.1, 0.15) is 0 Å². The van der Waals surface area contributed by atoms with E-state index in [-0.39, 0.29) is 11.9 Å². The molecule has 1 aromatic heterocycles. The second-order valence-electron chi connectivity index (χ2n) is 5.94. The first-order chi connectivity index (χ1) is 10.7. The van der Waals surface area contributed by atoms with Gasteiger partial charge >= 0.3 is 5.97 Å². The molecule has 0 amide bonds. The lowest BCUT2D eigenvalue weighted by Gasteiger charge is -2.36. The summed E-state index contributed by atoms with van der Waals surface area (Å²) in [6.07, 6.45) is 8.13. The molecule has 1 saturated carbocycles. The normalized spacial score (nSPS) is 24.5. The van der Waals surface area contributed by atoms with E-state index in [1.807, 2.05) is 26.1 Å². The lowest BCUT2D eigenvalue weighted by atomic mass is 9.70. The lowest BCUT2D eigenvalue weighted by Crippen LogP contribution is -2.33. The van der Waals surface area contributed by atoms with Crippen LogP contribution >= 0.6 is 0 Å². The highest BCUT2D eigenvalue weighted by molar-refractivity contribution is 5.98. The van der Waals surface area contributed by atoms with Crippen LogP contribution in [-0.2, 0) is 9.53 Å². The zero-order valence-corrected chi connectivity index (χ0v) is 13.2. The predicted octanol–water partition coefficient (Wildman–Crippen LogP) is 3.65. The van der Waals surface area contributed by atoms with E-state index in [2.05, 4.69) is 11.1 Å². The highest BCUT2D eigenvalue weighted by Gasteiger charge is 2.39. The number of carbonyl (C=O) groups is 1. The van der Waals surface area contributed by atoms with Gasteiger partial charge in [0.05, 0.1) is 12.2 Å². The number of pyridine rings is 1. The van der Waals surface area contributed by atoms with E-state index in [9.17, 15) is 4.79 Å². The topological polar surface area (TPSA) is 51.5 Å². The van der Waals surface area contributed by atoms with Gasteiger partial charge in [-0.1, -0.05) is 12.5 Å². The molecule has 1 aliphatic heterocycles. The lowest BCUT2D eigenvalue weighted by molar-refractivity contribution is -0.139. The molecule has 1 aliphatic carbocycles. The van der Waals surface area contributed by atoms with Gasteiger partial charge in [-0.25, -0.2) is 4.79 Å². The molecule has 0 aromatic carbocycles. The van der Waals surface area contributed by atoms with Crippen LogP contribution in [0.25, 0.3) is 0 Å². The van der Waals surface area contributed by atoms with E-state index in [0.717, 1.165) is 24.1 Å². The fourth-order valence-electron chi connectivity index (χ4n) is 3.66. The average molecular weight is 298 g/mol. The number of nitrogens with zero attached hydrogens (tertiary/aromatic N) is 2. The first-order valence-corrected chi connectivity index (χ1v) is 8.07. The maximum Gasteiger partial charge on any atom is 0.336 e. The molecule has 0 N–H and O–H groups in total. The Morgan fingerprint density at radius 2 is 2.27 bits per heavy atom. The molecule has 0 saturated heterocycles. The molecular weight excluding hydrogens is 276 g/mol. The highest BCUT2D eigenvalue weighted by atomic mass is 16.5. The number of carbonyl (C=O) groups excluding carboxylic acids is 1. The molecule has 2 aliphatic rings. The molecule has 4 nitrogen and oxygen atoms in total. The van der Waals surface area contributed by atoms with Gasteiger partial charge in [0.2, 0.25) is 0 Å². The molecule has 0 radical (unpaired) electrons. The van der Waals surface area contributed by atoms with Crippen molar-refractivity contribution in [1.82, 2.24) is 4.98 Å². The standard InChI is InChI=1S/C18H22N2O2/c1-3-22-18(21)16-12(2)20-15-9-5-4-8-14(15)17(16)13-7-6-10-19-11-13/h6-7,10-11,14,17H,3-5,8-9H2,1-2H3. The van der Waals surface area contributed by atoms with Crippen molar-refractivity contribution in [2.24, 2.45) is 10.9 Å². The molecule has 1 aromatic rings. The van der Waals surface area contributed by atoms with Crippen LogP contribution in [0.1, 0.15) is 51.0 Å². The van der Waals surface area contributed by atoms with E-state index in [1.165, 1.54) is 18.6 Å². The van der Waals surface area contributed by atoms with Crippen LogP contribution in [0, 0.1) is 5.92 Å². The molecule has 2 unspecified atom stereocenters. The summed E-state index contributed by atoms with van der Waals surface area (Å²) in [7, 11) is 0. The summed E-state index contributed by atoms with van der Waals surface area (Å²) in [5, 5.41) is 0. The van der Waals surface area contributed by atoms with E-state index >= 15 is 0 Å². The summed E-state index contributed by atoms with van der Waals surface area (Å²) in [6, 6.07) is 3.99. The first kappa shape index (κ1) is 14.9. The number of allylic oxidation sites excluding steroid dienone is 1. The Balaban J connectivity index is 2.08. The van der Waals surface area contributed by atoms with Crippen molar-refractivity contribution in [2.75, 3.05) is 6.61 Å². The molecule has 1 fully saturated rings. The third kappa shape index (κ3) is 2.70. The van der Waals surface area contributed by atoms with E-state index in [4.69, 9.17) is 9.73 Å². The van der Waals surface area contributed by atoms with Crippen LogP contribution in [0.15, 0.2) is 40.8 Å². The van der Waals surface area contributed by atoms with E-state index < -0.39 is 0 Å². The Labute approximate surface area is 131 Å². The van der Waals surface area contributed by atoms with Crippen molar-refractivity contribution < 1.29 is 9.53 Å². The van der Waals surface area contributed by atoms with Crippen molar-refractivity contribution in [3.8, 4) is 0 Å². The summed E-state index contributed by atoms with van der Waals surface area (Å²) in [4.78, 5) is 21.5. The van der Waals surface area contributed by atoms with Crippen LogP contribution in [0.2, 0.25) is 0 Å². The minimum Gasteiger partial charge on any atom is -0.463 e. The van der Waals surface area contributed by atoms with Crippen LogP contribution < -0.4 is 0 Å². The second kappa shape index (κ2) is 6.42. The summed E-state index contributed by atoms with van der Waals surface area (Å²) in [5.74, 6) is 0.101. The van der Waals surface area contributed by atoms with Crippen molar-refractivity contribution in [3.05, 3.63) is 41.4 Å². The molecule has 116 valence electrons. The Kier molecular flexibility index (Phi) is 4.36. The molecule has 0 spiro atoms. The van der Waals surface area contributed by atoms with E-state index in [0.29, 0.717) is 18.1 Å². The molecule has 2 atom stereocenters. The number of aromatic nitrogens is 1. The number of aliphatic imine (C=N–C) groups is 1. The fourth-order valence-corrected chi connectivity index (χ4v) is 3.66. The predicted molar refractivity (Wildman–Crippen MR) is 85.7 cm³/mol. The highest BCUT2D eigenvalue weighted by Crippen LogP contribution is 2.44. The van der Waals surface area contributed by atoms with Crippen LogP contribution in [0.3, 0.4) is 0 Å². The number of ether oxygens (including phenoxy) is 1. The molecule has 0 bridgehead atoms. The van der Waals surface area contributed by atoms with Crippen LogP contribution in [0.4, 0.5) is 0 Å². The Hall–Kier alpha value is -1.97. The van der Waals surface area contributed by atoms with Crippen molar-refractivity contribution >= 4 is 11.7 Å². The molecule has 2 heterocycles. The Morgan fingerprint density at radius 3 is 3.00 bits per heavy atom. The third-order valence-corrected chi connectivity index (χ3v) is 4.58. The molecule has 3 rings (SSSR count). The quantitative estimate of drug-likeness (QED) is 0.800. The van der Waals surface area contributed by atoms with Crippen molar-refractivity contribution in [2.45, 2.75) is 45.4 Å². The van der Waals surface area contributed by atoms with Gasteiger partial charge in [-0.3, -0.25) is 9.98 Å². The maximum atomic E-state index is 12.5. The Morgan fingerprint density at radius 1 is 1.41 bits per heavy atom. The molecular formula is C18H22N2O2. The number of hydrogen-bond acceptors (Lipinski definition) is 4. The Bertz CT molecular complexity index is 619. The van der Waals surface area contributed by atoms with Crippen molar-refractivity contribution in [3.63, 3.8) is 0 Å². The van der Waals surface area contributed by atoms with Crippen molar-refractivity contribution in [1.29, 1.82) is 0 Å². The number of esters is 1. The van der Waals surface area contributed by atoms with Gasteiger partial charge in [0.25, 0.3) is 0 Å². The minimum absolute atomic E-state index is 0.0283. The SMILES string of the molecule is CCOC(=O)C1=C(C)N=C2CCCCC2C1c1cccnc1. The molecule has 4 heteroatoms. The zero-order chi connectivity index (χ0) is 15.5. The number of rotatable bonds is 3. The van der Waals surface area contributed by atoms with Gasteiger partial charge in [0.15, 0.2) is 0 Å². The van der Waals surface area contributed by atoms with Crippen LogP contribution in [-0.4, -0.2) is 23.3 Å². The summed E-state index contributed by atoms with van der Waals surface area (Å²) < 4.78 is 5.30. The largest absolute Gasteiger partial charge is 0.463 e. The van der Waals surface area contributed by atoms with Gasteiger partial charge in [-0.05, 0) is 44.7 Å². The van der Waals surface area contributed by atoms with Gasteiger partial charge in [-0.15, -0.1) is 0 Å². The second-order valence-corrected chi connectivity index (χ2v) is 5.94. The minimum atomic E-state index is -0.234. The summed E-state index contributed by atoms with van der Waals surface area (Å²) >= 11 is 0. The van der Waals surface area contributed by atoms with Gasteiger partial charge < -0.3 is 4.74 Å². The monoisotopic (exact) mass is 298 g/mol.